The average molecular weight is 546 g/mol. The summed E-state index contributed by atoms with van der Waals surface area (Å²) < 4.78 is 0. The summed E-state index contributed by atoms with van der Waals surface area (Å²) in [7, 11) is 0. The minimum atomic E-state index is -1.09. The van der Waals surface area contributed by atoms with E-state index < -0.39 is 12.0 Å². The zero-order valence-corrected chi connectivity index (χ0v) is 21.4. The van der Waals surface area contributed by atoms with Gasteiger partial charge in [-0.3, -0.25) is 14.6 Å². The molecule has 190 valence electrons. The van der Waals surface area contributed by atoms with Crippen LogP contribution < -0.4 is 5.32 Å². The number of amides is 2. The number of fused-ring (bicyclic) bond motifs is 1. The van der Waals surface area contributed by atoms with Crippen molar-refractivity contribution in [2.24, 2.45) is 0 Å². The van der Waals surface area contributed by atoms with Crippen LogP contribution in [0.3, 0.4) is 0 Å². The number of halogens is 2. The Morgan fingerprint density at radius 1 is 0.921 bits per heavy atom. The topological polar surface area (TPSA) is 99.6 Å². The van der Waals surface area contributed by atoms with Crippen LogP contribution in [0.1, 0.15) is 32.0 Å². The van der Waals surface area contributed by atoms with Crippen molar-refractivity contribution in [3.8, 4) is 11.1 Å². The fraction of sp³-hybridized carbons (Fsp3) is 0.103. The Morgan fingerprint density at radius 3 is 2.47 bits per heavy atom. The number of carboxylic acids is 1. The third-order valence-electron chi connectivity index (χ3n) is 6.34. The Hall–Kier alpha value is -4.20. The van der Waals surface area contributed by atoms with Crippen LogP contribution in [0.5, 0.6) is 0 Å². The Morgan fingerprint density at radius 2 is 1.74 bits per heavy atom. The lowest BCUT2D eigenvalue weighted by Gasteiger charge is -2.29. The number of carbonyl (C=O) groups excluding carboxylic acids is 2. The summed E-state index contributed by atoms with van der Waals surface area (Å²) in [4.78, 5) is 45.1. The SMILES string of the molecule is O=C(O)c1ccc(CN2C(=O)c3ccc(Cl)cc3NC(=O)[C@H]2Cc2ccccn2)cc1-c1cccc(Cl)c1. The van der Waals surface area contributed by atoms with Gasteiger partial charge in [0.25, 0.3) is 5.91 Å². The van der Waals surface area contributed by atoms with E-state index in [-0.39, 0.29) is 30.3 Å². The zero-order valence-electron chi connectivity index (χ0n) is 19.9. The number of hydrogen-bond acceptors (Lipinski definition) is 4. The maximum absolute atomic E-state index is 13.8. The normalized spacial score (nSPS) is 15.0. The molecule has 38 heavy (non-hydrogen) atoms. The highest BCUT2D eigenvalue weighted by molar-refractivity contribution is 6.31. The molecule has 2 N–H and O–H groups in total. The van der Waals surface area contributed by atoms with Gasteiger partial charge in [0.05, 0.1) is 16.8 Å². The molecule has 0 aliphatic carbocycles. The monoisotopic (exact) mass is 545 g/mol. The maximum atomic E-state index is 13.8. The fourth-order valence-electron chi connectivity index (χ4n) is 4.53. The third kappa shape index (κ3) is 5.25. The van der Waals surface area contributed by atoms with Crippen LogP contribution in [0, 0.1) is 0 Å². The molecule has 0 saturated heterocycles. The summed E-state index contributed by atoms with van der Waals surface area (Å²) in [5, 5.41) is 13.5. The van der Waals surface area contributed by atoms with Crippen molar-refractivity contribution in [1.82, 2.24) is 9.88 Å². The highest BCUT2D eigenvalue weighted by Crippen LogP contribution is 2.31. The van der Waals surface area contributed by atoms with E-state index in [4.69, 9.17) is 23.2 Å². The van der Waals surface area contributed by atoms with Crippen molar-refractivity contribution in [3.63, 3.8) is 0 Å². The number of pyridine rings is 1. The van der Waals surface area contributed by atoms with Crippen molar-refractivity contribution in [3.05, 3.63) is 117 Å². The number of rotatable bonds is 6. The summed E-state index contributed by atoms with van der Waals surface area (Å²) in [6, 6.07) is 21.0. The number of carboxylic acid groups (broad SMARTS) is 1. The molecule has 5 rings (SSSR count). The molecule has 1 atom stereocenters. The summed E-state index contributed by atoms with van der Waals surface area (Å²) >= 11 is 12.3. The molecule has 4 aromatic rings. The number of benzene rings is 3. The molecule has 9 heteroatoms. The number of aromatic carboxylic acids is 1. The largest absolute Gasteiger partial charge is 0.478 e. The summed E-state index contributed by atoms with van der Waals surface area (Å²) in [6.07, 6.45) is 1.82. The van der Waals surface area contributed by atoms with Crippen LogP contribution >= 0.6 is 23.2 Å². The highest BCUT2D eigenvalue weighted by atomic mass is 35.5. The molecule has 1 aromatic heterocycles. The number of carbonyl (C=O) groups is 3. The predicted octanol–water partition coefficient (Wildman–Crippen LogP) is 5.96. The van der Waals surface area contributed by atoms with E-state index in [2.05, 4.69) is 10.3 Å². The molecule has 0 fully saturated rings. The second kappa shape index (κ2) is 10.7. The Bertz CT molecular complexity index is 1560. The van der Waals surface area contributed by atoms with Crippen molar-refractivity contribution < 1.29 is 19.5 Å². The molecule has 1 aliphatic rings. The molecule has 0 saturated carbocycles. The van der Waals surface area contributed by atoms with Gasteiger partial charge in [-0.05, 0) is 71.3 Å². The third-order valence-corrected chi connectivity index (χ3v) is 6.81. The Kier molecular flexibility index (Phi) is 7.13. The number of nitrogens with one attached hydrogen (secondary N) is 1. The lowest BCUT2D eigenvalue weighted by molar-refractivity contribution is -0.120. The van der Waals surface area contributed by atoms with E-state index in [0.29, 0.717) is 43.7 Å². The first kappa shape index (κ1) is 25.4. The molecule has 0 spiro atoms. The van der Waals surface area contributed by atoms with E-state index >= 15 is 0 Å². The van der Waals surface area contributed by atoms with Gasteiger partial charge < -0.3 is 15.3 Å². The smallest absolute Gasteiger partial charge is 0.336 e. The van der Waals surface area contributed by atoms with Gasteiger partial charge in [-0.15, -0.1) is 0 Å². The molecule has 0 bridgehead atoms. The first-order valence-corrected chi connectivity index (χ1v) is 12.5. The standard InChI is InChI=1S/C29H21Cl2N3O4/c30-19-5-3-4-18(13-19)24-12-17(7-9-22(24)29(37)38)16-34-26(15-21-6-1-2-11-32-21)27(35)33-25-14-20(31)8-10-23(25)28(34)36/h1-14,26H,15-16H2,(H,33,35)(H,37,38)/t26-/m1/s1. The van der Waals surface area contributed by atoms with Crippen LogP contribution in [-0.4, -0.2) is 38.8 Å². The van der Waals surface area contributed by atoms with Gasteiger partial charge in [0, 0.05) is 34.9 Å². The maximum Gasteiger partial charge on any atom is 0.336 e. The van der Waals surface area contributed by atoms with Crippen LogP contribution in [0.2, 0.25) is 10.0 Å². The molecular weight excluding hydrogens is 525 g/mol. The Labute approximate surface area is 228 Å². The van der Waals surface area contributed by atoms with Gasteiger partial charge in [0.1, 0.15) is 6.04 Å². The molecule has 3 aromatic carbocycles. The lowest BCUT2D eigenvalue weighted by atomic mass is 9.96. The number of aromatic nitrogens is 1. The van der Waals surface area contributed by atoms with Crippen LogP contribution in [0.4, 0.5) is 5.69 Å². The first-order valence-electron chi connectivity index (χ1n) is 11.7. The van der Waals surface area contributed by atoms with Crippen LogP contribution in [0.25, 0.3) is 11.1 Å². The average Bonchev–Trinajstić information content (AvgIpc) is 2.99. The summed E-state index contributed by atoms with van der Waals surface area (Å²) in [5.41, 5.74) is 3.12. The molecule has 7 nitrogen and oxygen atoms in total. The number of nitrogens with zero attached hydrogens (tertiary/aromatic N) is 2. The lowest BCUT2D eigenvalue weighted by Crippen LogP contribution is -2.46. The number of hydrogen-bond donors (Lipinski definition) is 2. The molecular formula is C29H21Cl2N3O4. The van der Waals surface area contributed by atoms with Gasteiger partial charge >= 0.3 is 5.97 Å². The van der Waals surface area contributed by atoms with Gasteiger partial charge in [0.2, 0.25) is 5.91 Å². The van der Waals surface area contributed by atoms with E-state index in [1.54, 1.807) is 72.9 Å². The second-order valence-electron chi connectivity index (χ2n) is 8.85. The summed E-state index contributed by atoms with van der Waals surface area (Å²) in [6.45, 7) is 0.0548. The van der Waals surface area contributed by atoms with Crippen molar-refractivity contribution >= 4 is 46.7 Å². The highest BCUT2D eigenvalue weighted by Gasteiger charge is 2.36. The first-order chi connectivity index (χ1) is 18.3. The van der Waals surface area contributed by atoms with Crippen LogP contribution in [-0.2, 0) is 17.8 Å². The van der Waals surface area contributed by atoms with Gasteiger partial charge in [-0.1, -0.05) is 47.5 Å². The minimum absolute atomic E-state index is 0.0548. The van der Waals surface area contributed by atoms with Gasteiger partial charge in [-0.25, -0.2) is 4.79 Å². The van der Waals surface area contributed by atoms with Crippen molar-refractivity contribution in [2.75, 3.05) is 5.32 Å². The van der Waals surface area contributed by atoms with E-state index in [0.717, 1.165) is 0 Å². The molecule has 0 radical (unpaired) electrons. The number of anilines is 1. The second-order valence-corrected chi connectivity index (χ2v) is 9.72. The predicted molar refractivity (Wildman–Crippen MR) is 146 cm³/mol. The molecule has 2 heterocycles. The molecule has 1 aliphatic heterocycles. The zero-order chi connectivity index (χ0) is 26.8. The van der Waals surface area contributed by atoms with Crippen molar-refractivity contribution in [1.29, 1.82) is 0 Å². The van der Waals surface area contributed by atoms with Crippen molar-refractivity contribution in [2.45, 2.75) is 19.0 Å². The van der Waals surface area contributed by atoms with E-state index in [9.17, 15) is 19.5 Å². The van der Waals surface area contributed by atoms with Gasteiger partial charge in [0.15, 0.2) is 0 Å². The van der Waals surface area contributed by atoms with Gasteiger partial charge in [-0.2, -0.15) is 0 Å². The molecule has 2 amide bonds. The Balaban J connectivity index is 1.59. The quantitative estimate of drug-likeness (QED) is 0.311. The van der Waals surface area contributed by atoms with E-state index in [1.807, 2.05) is 6.07 Å². The minimum Gasteiger partial charge on any atom is -0.478 e. The fourth-order valence-corrected chi connectivity index (χ4v) is 4.89. The molecule has 0 unspecified atom stereocenters. The van der Waals surface area contributed by atoms with Crippen LogP contribution in [0.15, 0.2) is 85.1 Å². The summed E-state index contributed by atoms with van der Waals surface area (Å²) in [5.74, 6) is -1.82. The van der Waals surface area contributed by atoms with E-state index in [1.165, 1.54) is 11.0 Å².